The minimum Gasteiger partial charge on any atom is -0.326 e. The Labute approximate surface area is 107 Å². The number of nitrogens with two attached hydrogens (primary N) is 2. The fraction of sp³-hybridized carbons (Fsp3) is 0.462. The molecule has 0 bridgehead atoms. The molecule has 1 aliphatic rings. The van der Waals surface area contributed by atoms with E-state index in [9.17, 15) is 4.79 Å². The van der Waals surface area contributed by atoms with Gasteiger partial charge >= 0.3 is 0 Å². The quantitative estimate of drug-likeness (QED) is 0.390. The van der Waals surface area contributed by atoms with Crippen LogP contribution in [-0.4, -0.2) is 29.9 Å². The predicted molar refractivity (Wildman–Crippen MR) is 70.3 cm³/mol. The van der Waals surface area contributed by atoms with Gasteiger partial charge < -0.3 is 5.73 Å². The van der Waals surface area contributed by atoms with Crippen LogP contribution in [0, 0.1) is 0 Å². The molecule has 2 rings (SSSR count). The van der Waals surface area contributed by atoms with E-state index >= 15 is 0 Å². The third kappa shape index (κ3) is 3.53. The third-order valence-corrected chi connectivity index (χ3v) is 3.26. The van der Waals surface area contributed by atoms with Crippen LogP contribution in [0.3, 0.4) is 0 Å². The molecule has 1 amide bonds. The Hall–Kier alpha value is -1.43. The molecule has 5 heteroatoms. The molecule has 0 radical (unpaired) electrons. The van der Waals surface area contributed by atoms with Gasteiger partial charge in [-0.3, -0.25) is 15.1 Å². The molecule has 1 atom stereocenters. The largest absolute Gasteiger partial charge is 0.326 e. The van der Waals surface area contributed by atoms with Gasteiger partial charge in [-0.1, -0.05) is 24.3 Å². The van der Waals surface area contributed by atoms with Crippen LogP contribution in [-0.2, 0) is 17.8 Å². The molecular weight excluding hydrogens is 228 g/mol. The molecule has 0 saturated carbocycles. The average molecular weight is 248 g/mol. The van der Waals surface area contributed by atoms with Crippen molar-refractivity contribution < 1.29 is 4.79 Å². The van der Waals surface area contributed by atoms with Gasteiger partial charge in [-0.05, 0) is 17.5 Å². The van der Waals surface area contributed by atoms with Crippen molar-refractivity contribution in [3.05, 3.63) is 35.4 Å². The van der Waals surface area contributed by atoms with Crippen LogP contribution in [0.2, 0.25) is 0 Å². The highest BCUT2D eigenvalue weighted by atomic mass is 16.2. The Bertz CT molecular complexity index is 404. The molecule has 0 spiro atoms. The molecule has 98 valence electrons. The number of hydrazine groups is 1. The molecule has 1 fully saturated rings. The van der Waals surface area contributed by atoms with Gasteiger partial charge in [0.05, 0.1) is 6.42 Å². The fourth-order valence-electron chi connectivity index (χ4n) is 2.26. The van der Waals surface area contributed by atoms with Gasteiger partial charge in [-0.15, -0.1) is 0 Å². The number of hydrogen-bond acceptors (Lipinski definition) is 4. The number of carbonyl (C=O) groups is 1. The summed E-state index contributed by atoms with van der Waals surface area (Å²) in [7, 11) is 0. The number of amides is 1. The van der Waals surface area contributed by atoms with Gasteiger partial charge in [0.1, 0.15) is 0 Å². The van der Waals surface area contributed by atoms with E-state index in [1.165, 1.54) is 5.56 Å². The van der Waals surface area contributed by atoms with Crippen molar-refractivity contribution in [2.45, 2.75) is 25.4 Å². The predicted octanol–water partition coefficient (Wildman–Crippen LogP) is -0.248. The molecule has 1 aromatic rings. The fourth-order valence-corrected chi connectivity index (χ4v) is 2.26. The molecule has 1 heterocycles. The van der Waals surface area contributed by atoms with E-state index in [-0.39, 0.29) is 5.91 Å². The summed E-state index contributed by atoms with van der Waals surface area (Å²) in [5.74, 6) is 4.88. The maximum Gasteiger partial charge on any atom is 0.238 e. The highest BCUT2D eigenvalue weighted by Gasteiger charge is 2.18. The Morgan fingerprint density at radius 2 is 2.00 bits per heavy atom. The lowest BCUT2D eigenvalue weighted by atomic mass is 10.1. The van der Waals surface area contributed by atoms with Crippen molar-refractivity contribution >= 4 is 5.91 Å². The van der Waals surface area contributed by atoms with Crippen molar-refractivity contribution in [2.24, 2.45) is 11.6 Å². The number of rotatable bonds is 4. The lowest BCUT2D eigenvalue weighted by molar-refractivity contribution is -0.120. The zero-order valence-corrected chi connectivity index (χ0v) is 10.4. The lowest BCUT2D eigenvalue weighted by Crippen LogP contribution is -2.31. The van der Waals surface area contributed by atoms with Crippen LogP contribution < -0.4 is 17.0 Å². The second kappa shape index (κ2) is 5.95. The smallest absolute Gasteiger partial charge is 0.238 e. The molecule has 0 aromatic heterocycles. The number of benzene rings is 1. The topological polar surface area (TPSA) is 84.4 Å². The average Bonchev–Trinajstić information content (AvgIpc) is 2.77. The van der Waals surface area contributed by atoms with Crippen molar-refractivity contribution in [3.8, 4) is 0 Å². The standard InChI is InChI=1S/C13H20N4O/c14-12-5-6-17(9-12)8-11-3-1-10(2-4-11)7-13(18)16-15/h1-4,12H,5-9,14-15H2,(H,16,18). The minimum atomic E-state index is -0.173. The molecule has 5 N–H and O–H groups in total. The molecule has 1 aromatic carbocycles. The lowest BCUT2D eigenvalue weighted by Gasteiger charge is -2.15. The Morgan fingerprint density at radius 1 is 1.33 bits per heavy atom. The van der Waals surface area contributed by atoms with E-state index in [0.29, 0.717) is 12.5 Å². The molecule has 5 nitrogen and oxygen atoms in total. The van der Waals surface area contributed by atoms with E-state index in [2.05, 4.69) is 22.5 Å². The third-order valence-electron chi connectivity index (χ3n) is 3.26. The molecule has 1 saturated heterocycles. The highest BCUT2D eigenvalue weighted by Crippen LogP contribution is 2.13. The molecule has 18 heavy (non-hydrogen) atoms. The van der Waals surface area contributed by atoms with Crippen LogP contribution in [0.15, 0.2) is 24.3 Å². The number of hydrogen-bond donors (Lipinski definition) is 3. The summed E-state index contributed by atoms with van der Waals surface area (Å²) in [6.45, 7) is 2.97. The van der Waals surface area contributed by atoms with E-state index in [1.807, 2.05) is 12.1 Å². The summed E-state index contributed by atoms with van der Waals surface area (Å²) in [6, 6.07) is 8.38. The Balaban J connectivity index is 1.89. The van der Waals surface area contributed by atoms with Crippen LogP contribution in [0.25, 0.3) is 0 Å². The molecule has 1 aliphatic heterocycles. The van der Waals surface area contributed by atoms with Gasteiger partial charge in [-0.2, -0.15) is 0 Å². The summed E-state index contributed by atoms with van der Waals surface area (Å²) < 4.78 is 0. The number of nitrogens with zero attached hydrogens (tertiary/aromatic N) is 1. The second-order valence-corrected chi connectivity index (χ2v) is 4.84. The number of carbonyl (C=O) groups excluding carboxylic acids is 1. The second-order valence-electron chi connectivity index (χ2n) is 4.84. The first-order valence-corrected chi connectivity index (χ1v) is 6.22. The van der Waals surface area contributed by atoms with Gasteiger partial charge in [-0.25, -0.2) is 5.84 Å². The van der Waals surface area contributed by atoms with Gasteiger partial charge in [0, 0.05) is 25.7 Å². The van der Waals surface area contributed by atoms with Crippen molar-refractivity contribution in [3.63, 3.8) is 0 Å². The Kier molecular flexibility index (Phi) is 4.30. The van der Waals surface area contributed by atoms with E-state index in [1.54, 1.807) is 0 Å². The molecular formula is C13H20N4O. The zero-order valence-electron chi connectivity index (χ0n) is 10.4. The first-order valence-electron chi connectivity index (χ1n) is 6.22. The summed E-state index contributed by atoms with van der Waals surface area (Å²) in [6.07, 6.45) is 1.40. The normalized spacial score (nSPS) is 20.0. The number of nitrogens with one attached hydrogen (secondary N) is 1. The Morgan fingerprint density at radius 3 is 2.56 bits per heavy atom. The maximum atomic E-state index is 11.1. The van der Waals surface area contributed by atoms with E-state index in [4.69, 9.17) is 11.6 Å². The summed E-state index contributed by atoms with van der Waals surface area (Å²) in [4.78, 5) is 13.5. The monoisotopic (exact) mass is 248 g/mol. The minimum absolute atomic E-state index is 0.173. The van der Waals surface area contributed by atoms with Crippen molar-refractivity contribution in [1.29, 1.82) is 0 Å². The summed E-state index contributed by atoms with van der Waals surface area (Å²) in [5.41, 5.74) is 10.2. The van der Waals surface area contributed by atoms with Crippen molar-refractivity contribution in [1.82, 2.24) is 10.3 Å². The van der Waals surface area contributed by atoms with Crippen LogP contribution in [0.4, 0.5) is 0 Å². The van der Waals surface area contributed by atoms with Gasteiger partial charge in [0.2, 0.25) is 5.91 Å². The zero-order chi connectivity index (χ0) is 13.0. The van der Waals surface area contributed by atoms with E-state index in [0.717, 1.165) is 31.6 Å². The van der Waals surface area contributed by atoms with E-state index < -0.39 is 0 Å². The summed E-state index contributed by atoms with van der Waals surface area (Å²) >= 11 is 0. The first kappa shape index (κ1) is 13.0. The van der Waals surface area contributed by atoms with Gasteiger partial charge in [0.15, 0.2) is 0 Å². The summed E-state index contributed by atoms with van der Waals surface area (Å²) in [5, 5.41) is 0. The maximum absolute atomic E-state index is 11.1. The molecule has 0 aliphatic carbocycles. The first-order chi connectivity index (χ1) is 8.67. The van der Waals surface area contributed by atoms with Crippen molar-refractivity contribution in [2.75, 3.05) is 13.1 Å². The van der Waals surface area contributed by atoms with Crippen LogP contribution in [0.5, 0.6) is 0 Å². The SMILES string of the molecule is NNC(=O)Cc1ccc(CN2CCC(N)C2)cc1. The van der Waals surface area contributed by atoms with Crippen LogP contribution >= 0.6 is 0 Å². The molecule has 1 unspecified atom stereocenters. The number of likely N-dealkylation sites (tertiary alicyclic amines) is 1. The highest BCUT2D eigenvalue weighted by molar-refractivity contribution is 5.77. The van der Waals surface area contributed by atoms with Crippen LogP contribution in [0.1, 0.15) is 17.5 Å². The van der Waals surface area contributed by atoms with Gasteiger partial charge in [0.25, 0.3) is 0 Å².